The van der Waals surface area contributed by atoms with Gasteiger partial charge in [0.2, 0.25) is 0 Å². The third-order valence-corrected chi connectivity index (χ3v) is 2.82. The molecule has 0 fully saturated rings. The van der Waals surface area contributed by atoms with Crippen LogP contribution in [0.3, 0.4) is 0 Å². The molecule has 2 aromatic heterocycles. The van der Waals surface area contributed by atoms with Gasteiger partial charge >= 0.3 is 0 Å². The standard InChI is InChI=1S/C13H11N5O/c1-14-13(19)12-11(18-7-6-15-17-18)8-9-4-2-3-5-10(9)16-12/h2-8H,1H3,(H,14,19). The monoisotopic (exact) mass is 253 g/mol. The van der Waals surface area contributed by atoms with Crippen LogP contribution in [0.5, 0.6) is 0 Å². The minimum absolute atomic E-state index is 0.253. The van der Waals surface area contributed by atoms with Crippen molar-refractivity contribution >= 4 is 16.8 Å². The van der Waals surface area contributed by atoms with Gasteiger partial charge < -0.3 is 5.32 Å². The lowest BCUT2D eigenvalue weighted by molar-refractivity contribution is 0.0958. The van der Waals surface area contributed by atoms with Crippen LogP contribution in [0, 0.1) is 0 Å². The van der Waals surface area contributed by atoms with Crippen LogP contribution >= 0.6 is 0 Å². The molecule has 3 aromatic rings. The smallest absolute Gasteiger partial charge is 0.271 e. The maximum atomic E-state index is 11.9. The Hall–Kier alpha value is -2.76. The molecule has 0 aliphatic carbocycles. The molecule has 0 saturated carbocycles. The number of benzene rings is 1. The van der Waals surface area contributed by atoms with Gasteiger partial charge in [-0.25, -0.2) is 9.67 Å². The number of rotatable bonds is 2. The number of hydrogen-bond acceptors (Lipinski definition) is 4. The Morgan fingerprint density at radius 1 is 1.32 bits per heavy atom. The van der Waals surface area contributed by atoms with Crippen LogP contribution in [-0.2, 0) is 0 Å². The zero-order valence-corrected chi connectivity index (χ0v) is 10.2. The van der Waals surface area contributed by atoms with Crippen molar-refractivity contribution in [1.29, 1.82) is 0 Å². The van der Waals surface area contributed by atoms with Crippen molar-refractivity contribution in [2.45, 2.75) is 0 Å². The first-order valence-corrected chi connectivity index (χ1v) is 5.78. The molecule has 1 N–H and O–H groups in total. The molecule has 6 heteroatoms. The summed E-state index contributed by atoms with van der Waals surface area (Å²) >= 11 is 0. The van der Waals surface area contributed by atoms with E-state index in [1.165, 1.54) is 4.68 Å². The van der Waals surface area contributed by atoms with Gasteiger partial charge in [-0.1, -0.05) is 23.4 Å². The van der Waals surface area contributed by atoms with E-state index in [-0.39, 0.29) is 5.91 Å². The van der Waals surface area contributed by atoms with Crippen molar-refractivity contribution in [3.8, 4) is 5.69 Å². The van der Waals surface area contributed by atoms with Crippen molar-refractivity contribution in [3.05, 3.63) is 48.4 Å². The Labute approximate surface area is 109 Å². The first kappa shape index (κ1) is 11.3. The van der Waals surface area contributed by atoms with Gasteiger partial charge in [-0.2, -0.15) is 0 Å². The molecule has 0 atom stereocenters. The fourth-order valence-electron chi connectivity index (χ4n) is 1.90. The summed E-state index contributed by atoms with van der Waals surface area (Å²) in [6, 6.07) is 9.50. The number of nitrogens with one attached hydrogen (secondary N) is 1. The molecule has 6 nitrogen and oxygen atoms in total. The van der Waals surface area contributed by atoms with Gasteiger partial charge in [0.1, 0.15) is 0 Å². The van der Waals surface area contributed by atoms with Crippen LogP contribution in [0.4, 0.5) is 0 Å². The second-order valence-electron chi connectivity index (χ2n) is 3.98. The Bertz CT molecular complexity index is 736. The molecule has 0 saturated heterocycles. The molecule has 19 heavy (non-hydrogen) atoms. The lowest BCUT2D eigenvalue weighted by Gasteiger charge is -2.08. The van der Waals surface area contributed by atoms with Crippen molar-refractivity contribution < 1.29 is 4.79 Å². The third kappa shape index (κ3) is 1.93. The van der Waals surface area contributed by atoms with Crippen molar-refractivity contribution in [1.82, 2.24) is 25.3 Å². The second kappa shape index (κ2) is 4.49. The molecule has 3 rings (SSSR count). The summed E-state index contributed by atoms with van der Waals surface area (Å²) in [6.07, 6.45) is 3.24. The third-order valence-electron chi connectivity index (χ3n) is 2.82. The van der Waals surface area contributed by atoms with Gasteiger partial charge in [0.25, 0.3) is 5.91 Å². The molecule has 0 spiro atoms. The van der Waals surface area contributed by atoms with E-state index in [1.54, 1.807) is 19.4 Å². The highest BCUT2D eigenvalue weighted by Crippen LogP contribution is 2.19. The van der Waals surface area contributed by atoms with Gasteiger partial charge in [-0.15, -0.1) is 5.10 Å². The first-order valence-electron chi connectivity index (χ1n) is 5.78. The molecule has 0 aliphatic rings. The van der Waals surface area contributed by atoms with Crippen molar-refractivity contribution in [3.63, 3.8) is 0 Å². The quantitative estimate of drug-likeness (QED) is 0.744. The number of nitrogens with zero attached hydrogens (tertiary/aromatic N) is 4. The van der Waals surface area contributed by atoms with E-state index in [0.29, 0.717) is 11.4 Å². The van der Waals surface area contributed by atoms with Crippen LogP contribution in [0.2, 0.25) is 0 Å². The Kier molecular flexibility index (Phi) is 2.68. The molecule has 2 heterocycles. The van der Waals surface area contributed by atoms with Crippen LogP contribution in [0.25, 0.3) is 16.6 Å². The van der Waals surface area contributed by atoms with E-state index in [0.717, 1.165) is 10.9 Å². The summed E-state index contributed by atoms with van der Waals surface area (Å²) < 4.78 is 1.53. The average Bonchev–Trinajstić information content (AvgIpc) is 2.99. The number of hydrogen-bond donors (Lipinski definition) is 1. The lowest BCUT2D eigenvalue weighted by atomic mass is 10.1. The molecular formula is C13H11N5O. The lowest BCUT2D eigenvalue weighted by Crippen LogP contribution is -2.21. The SMILES string of the molecule is CNC(=O)c1nc2ccccc2cc1-n1ccnn1. The Morgan fingerprint density at radius 3 is 2.89 bits per heavy atom. The van der Waals surface area contributed by atoms with Crippen molar-refractivity contribution in [2.75, 3.05) is 7.05 Å². The highest BCUT2D eigenvalue weighted by Gasteiger charge is 2.15. The molecule has 0 bridgehead atoms. The number of fused-ring (bicyclic) bond motifs is 1. The minimum Gasteiger partial charge on any atom is -0.354 e. The number of para-hydroxylation sites is 1. The summed E-state index contributed by atoms with van der Waals surface area (Å²) in [5, 5.41) is 11.2. The number of carbonyl (C=O) groups is 1. The van der Waals surface area contributed by atoms with Gasteiger partial charge in [0.15, 0.2) is 5.69 Å². The van der Waals surface area contributed by atoms with Crippen LogP contribution in [-0.4, -0.2) is 32.9 Å². The highest BCUT2D eigenvalue weighted by atomic mass is 16.1. The maximum Gasteiger partial charge on any atom is 0.271 e. The normalized spacial score (nSPS) is 10.6. The van der Waals surface area contributed by atoms with Crippen LogP contribution in [0.1, 0.15) is 10.5 Å². The number of aromatic nitrogens is 4. The maximum absolute atomic E-state index is 11.9. The highest BCUT2D eigenvalue weighted by molar-refractivity contribution is 5.98. The topological polar surface area (TPSA) is 72.7 Å². The zero-order valence-electron chi connectivity index (χ0n) is 10.2. The molecule has 94 valence electrons. The van der Waals surface area contributed by atoms with Crippen LogP contribution in [0.15, 0.2) is 42.7 Å². The Morgan fingerprint density at radius 2 is 2.16 bits per heavy atom. The van der Waals surface area contributed by atoms with E-state index in [4.69, 9.17) is 0 Å². The van der Waals surface area contributed by atoms with Crippen LogP contribution < -0.4 is 5.32 Å². The zero-order chi connectivity index (χ0) is 13.2. The predicted octanol–water partition coefficient (Wildman–Crippen LogP) is 1.18. The summed E-state index contributed by atoms with van der Waals surface area (Å²) in [4.78, 5) is 16.3. The molecule has 0 aliphatic heterocycles. The van der Waals surface area contributed by atoms with Gasteiger partial charge in [-0.3, -0.25) is 4.79 Å². The fraction of sp³-hybridized carbons (Fsp3) is 0.0769. The summed E-state index contributed by atoms with van der Waals surface area (Å²) in [5.74, 6) is -0.253. The second-order valence-corrected chi connectivity index (χ2v) is 3.98. The van der Waals surface area contributed by atoms with Crippen molar-refractivity contribution in [2.24, 2.45) is 0 Å². The van der Waals surface area contributed by atoms with E-state index >= 15 is 0 Å². The summed E-state index contributed by atoms with van der Waals surface area (Å²) in [5.41, 5.74) is 1.70. The number of carbonyl (C=O) groups excluding carboxylic acids is 1. The fourth-order valence-corrected chi connectivity index (χ4v) is 1.90. The molecule has 1 aromatic carbocycles. The predicted molar refractivity (Wildman–Crippen MR) is 70.1 cm³/mol. The Balaban J connectivity index is 2.30. The van der Waals surface area contributed by atoms with E-state index in [1.807, 2.05) is 30.3 Å². The van der Waals surface area contributed by atoms with E-state index in [9.17, 15) is 4.79 Å². The molecular weight excluding hydrogens is 242 g/mol. The largest absolute Gasteiger partial charge is 0.354 e. The average molecular weight is 253 g/mol. The summed E-state index contributed by atoms with van der Waals surface area (Å²) in [6.45, 7) is 0. The van der Waals surface area contributed by atoms with E-state index < -0.39 is 0 Å². The first-order chi connectivity index (χ1) is 9.29. The minimum atomic E-state index is -0.253. The van der Waals surface area contributed by atoms with Gasteiger partial charge in [0, 0.05) is 12.4 Å². The molecule has 0 unspecified atom stereocenters. The number of pyridine rings is 1. The molecule has 0 radical (unpaired) electrons. The van der Waals surface area contributed by atoms with E-state index in [2.05, 4.69) is 20.6 Å². The number of amides is 1. The van der Waals surface area contributed by atoms with Gasteiger partial charge in [-0.05, 0) is 12.1 Å². The van der Waals surface area contributed by atoms with Gasteiger partial charge in [0.05, 0.1) is 23.6 Å². The molecule has 1 amide bonds. The summed E-state index contributed by atoms with van der Waals surface area (Å²) in [7, 11) is 1.57.